The highest BCUT2D eigenvalue weighted by molar-refractivity contribution is 6.30. The summed E-state index contributed by atoms with van der Waals surface area (Å²) < 4.78 is 10.8. The lowest BCUT2D eigenvalue weighted by molar-refractivity contribution is -0.656. The number of nitrogens with two attached hydrogens (primary N) is 1. The van der Waals surface area contributed by atoms with Gasteiger partial charge in [0.2, 0.25) is 0 Å². The fraction of sp³-hybridized carbons (Fsp3) is 0.500. The van der Waals surface area contributed by atoms with Crippen LogP contribution in [0.1, 0.15) is 18.4 Å². The minimum absolute atomic E-state index is 0.738. The van der Waals surface area contributed by atoms with Crippen molar-refractivity contribution in [3.63, 3.8) is 0 Å². The van der Waals surface area contributed by atoms with Gasteiger partial charge in [-0.1, -0.05) is 17.7 Å². The number of hydrogen-bond acceptors (Lipinski definition) is 2. The summed E-state index contributed by atoms with van der Waals surface area (Å²) in [5, 5.41) is 3.01. The van der Waals surface area contributed by atoms with Crippen LogP contribution in [-0.2, 0) is 11.2 Å². The van der Waals surface area contributed by atoms with Crippen LogP contribution in [0.25, 0.3) is 0 Å². The number of allylic oxidation sites excluding steroid dienone is 1. The lowest BCUT2D eigenvalue weighted by Gasteiger charge is -2.10. The molecule has 3 nitrogen and oxygen atoms in total. The predicted octanol–water partition coefficient (Wildman–Crippen LogP) is 2.44. The summed E-state index contributed by atoms with van der Waals surface area (Å²) in [4.78, 5) is 0. The number of hydrogen-bond donors (Lipinski definition) is 1. The summed E-state index contributed by atoms with van der Waals surface area (Å²) in [6.07, 6.45) is 4.84. The van der Waals surface area contributed by atoms with Crippen LogP contribution in [0.4, 0.5) is 0 Å². The molecule has 0 saturated carbocycles. The van der Waals surface area contributed by atoms with Crippen LogP contribution in [0.2, 0.25) is 5.02 Å². The first-order chi connectivity index (χ1) is 9.77. The fourth-order valence-corrected chi connectivity index (χ4v) is 2.12. The molecule has 1 aromatic carbocycles. The molecule has 0 atom stereocenters. The number of unbranched alkanes of at least 4 members (excludes halogenated alkanes) is 1. The van der Waals surface area contributed by atoms with Crippen molar-refractivity contribution < 1.29 is 14.8 Å². The highest BCUT2D eigenvalue weighted by atomic mass is 35.5. The maximum Gasteiger partial charge on any atom is 0.122 e. The predicted molar refractivity (Wildman–Crippen MR) is 83.6 cm³/mol. The molecule has 0 amide bonds. The van der Waals surface area contributed by atoms with Crippen LogP contribution in [0.5, 0.6) is 5.75 Å². The number of benzene rings is 1. The van der Waals surface area contributed by atoms with Gasteiger partial charge in [-0.2, -0.15) is 0 Å². The Kier molecular flexibility index (Phi) is 9.13. The quantitative estimate of drug-likeness (QED) is 0.503. The summed E-state index contributed by atoms with van der Waals surface area (Å²) in [5.74, 6) is 0.915. The summed E-state index contributed by atoms with van der Waals surface area (Å²) in [6, 6.07) is 5.74. The van der Waals surface area contributed by atoms with Crippen molar-refractivity contribution in [3.8, 4) is 5.75 Å². The molecule has 1 rings (SSSR count). The van der Waals surface area contributed by atoms with Crippen molar-refractivity contribution in [1.82, 2.24) is 0 Å². The summed E-state index contributed by atoms with van der Waals surface area (Å²) in [6.45, 7) is 7.45. The second-order valence-electron chi connectivity index (χ2n) is 4.66. The Bertz CT molecular complexity index is 396. The SMILES string of the molecule is C=CCc1cc(Cl)ccc1OCCCC[NH2+]CCOC. The number of methoxy groups -OCH3 is 1. The van der Waals surface area contributed by atoms with Crippen LogP contribution in [-0.4, -0.2) is 33.4 Å². The van der Waals surface area contributed by atoms with Crippen molar-refractivity contribution in [2.24, 2.45) is 0 Å². The molecule has 0 fully saturated rings. The van der Waals surface area contributed by atoms with E-state index in [2.05, 4.69) is 11.9 Å². The first-order valence-corrected chi connectivity index (χ1v) is 7.48. The van der Waals surface area contributed by atoms with Crippen LogP contribution in [0.3, 0.4) is 0 Å². The molecule has 0 radical (unpaired) electrons. The standard InChI is InChI=1S/C16H24ClNO2/c1-3-6-14-13-15(17)7-8-16(14)20-11-5-4-9-18-10-12-19-2/h3,7-8,13,18H,1,4-6,9-12H2,2H3/p+1. The molecule has 1 aromatic rings. The Hall–Kier alpha value is -1.03. The van der Waals surface area contributed by atoms with Gasteiger partial charge in [-0.15, -0.1) is 6.58 Å². The molecule has 20 heavy (non-hydrogen) atoms. The van der Waals surface area contributed by atoms with Crippen LogP contribution in [0, 0.1) is 0 Å². The van der Waals surface area contributed by atoms with Crippen LogP contribution < -0.4 is 10.1 Å². The van der Waals surface area contributed by atoms with Gasteiger partial charge in [0.15, 0.2) is 0 Å². The normalized spacial score (nSPS) is 10.5. The van der Waals surface area contributed by atoms with Crippen LogP contribution in [0.15, 0.2) is 30.9 Å². The number of quaternary nitrogens is 1. The van der Waals surface area contributed by atoms with E-state index in [1.54, 1.807) is 7.11 Å². The van der Waals surface area contributed by atoms with Gasteiger partial charge in [-0.05, 0) is 43.0 Å². The minimum atomic E-state index is 0.738. The van der Waals surface area contributed by atoms with Crippen molar-refractivity contribution in [1.29, 1.82) is 0 Å². The molecular weight excluding hydrogens is 274 g/mol. The van der Waals surface area contributed by atoms with Crippen molar-refractivity contribution in [3.05, 3.63) is 41.4 Å². The Morgan fingerprint density at radius 1 is 1.25 bits per heavy atom. The van der Waals surface area contributed by atoms with Crippen molar-refractivity contribution in [2.75, 3.05) is 33.4 Å². The molecule has 0 spiro atoms. The van der Waals surface area contributed by atoms with E-state index in [0.717, 1.165) is 61.9 Å². The van der Waals surface area contributed by atoms with Gasteiger partial charge in [0.25, 0.3) is 0 Å². The number of halogens is 1. The summed E-state index contributed by atoms with van der Waals surface area (Å²) in [5.41, 5.74) is 1.10. The van der Waals surface area contributed by atoms with Gasteiger partial charge in [0.1, 0.15) is 5.75 Å². The molecule has 0 unspecified atom stereocenters. The smallest absolute Gasteiger partial charge is 0.122 e. The van der Waals surface area contributed by atoms with E-state index in [4.69, 9.17) is 21.1 Å². The zero-order valence-corrected chi connectivity index (χ0v) is 13.0. The van der Waals surface area contributed by atoms with E-state index in [1.165, 1.54) is 0 Å². The largest absolute Gasteiger partial charge is 0.493 e. The Morgan fingerprint density at radius 2 is 2.10 bits per heavy atom. The molecule has 0 bridgehead atoms. The summed E-state index contributed by atoms with van der Waals surface area (Å²) in [7, 11) is 1.73. The molecule has 0 saturated heterocycles. The van der Waals surface area contributed by atoms with E-state index in [1.807, 2.05) is 24.3 Å². The van der Waals surface area contributed by atoms with Crippen molar-refractivity contribution >= 4 is 11.6 Å². The molecule has 0 heterocycles. The number of rotatable bonds is 11. The van der Waals surface area contributed by atoms with Gasteiger partial charge in [0, 0.05) is 12.1 Å². The van der Waals surface area contributed by atoms with E-state index in [-0.39, 0.29) is 0 Å². The highest BCUT2D eigenvalue weighted by Gasteiger charge is 2.03. The molecule has 0 aliphatic rings. The van der Waals surface area contributed by atoms with Gasteiger partial charge in [-0.3, -0.25) is 0 Å². The van der Waals surface area contributed by atoms with E-state index >= 15 is 0 Å². The van der Waals surface area contributed by atoms with E-state index < -0.39 is 0 Å². The van der Waals surface area contributed by atoms with E-state index in [0.29, 0.717) is 0 Å². The Balaban J connectivity index is 2.22. The Labute approximate surface area is 126 Å². The maximum atomic E-state index is 5.99. The second kappa shape index (κ2) is 10.7. The fourth-order valence-electron chi connectivity index (χ4n) is 1.92. The van der Waals surface area contributed by atoms with Gasteiger partial charge in [-0.25, -0.2) is 0 Å². The third kappa shape index (κ3) is 6.94. The van der Waals surface area contributed by atoms with Crippen LogP contribution >= 0.6 is 11.6 Å². The maximum absolute atomic E-state index is 5.99. The molecular formula is C16H25ClNO2+. The minimum Gasteiger partial charge on any atom is -0.493 e. The van der Waals surface area contributed by atoms with Gasteiger partial charge < -0.3 is 14.8 Å². The molecule has 0 aliphatic heterocycles. The highest BCUT2D eigenvalue weighted by Crippen LogP contribution is 2.23. The number of ether oxygens (including phenoxy) is 2. The monoisotopic (exact) mass is 298 g/mol. The third-order valence-corrected chi connectivity index (χ3v) is 3.21. The molecule has 0 aromatic heterocycles. The molecule has 4 heteroatoms. The second-order valence-corrected chi connectivity index (χ2v) is 5.10. The zero-order chi connectivity index (χ0) is 14.6. The lowest BCUT2D eigenvalue weighted by atomic mass is 10.1. The average molecular weight is 299 g/mol. The van der Waals surface area contributed by atoms with Gasteiger partial charge >= 0.3 is 0 Å². The first kappa shape index (κ1) is 17.0. The molecule has 2 N–H and O–H groups in total. The third-order valence-electron chi connectivity index (χ3n) is 2.97. The molecule has 0 aliphatic carbocycles. The summed E-state index contributed by atoms with van der Waals surface area (Å²) >= 11 is 5.99. The van der Waals surface area contributed by atoms with Gasteiger partial charge in [0.05, 0.1) is 26.3 Å². The Morgan fingerprint density at radius 3 is 2.85 bits per heavy atom. The average Bonchev–Trinajstić information content (AvgIpc) is 2.44. The topological polar surface area (TPSA) is 35.1 Å². The van der Waals surface area contributed by atoms with E-state index in [9.17, 15) is 0 Å². The lowest BCUT2D eigenvalue weighted by Crippen LogP contribution is -2.85. The zero-order valence-electron chi connectivity index (χ0n) is 12.2. The van der Waals surface area contributed by atoms with Crippen molar-refractivity contribution in [2.45, 2.75) is 19.3 Å². The first-order valence-electron chi connectivity index (χ1n) is 7.10. The molecule has 112 valence electrons.